The van der Waals surface area contributed by atoms with Crippen molar-refractivity contribution < 1.29 is 9.53 Å². The van der Waals surface area contributed by atoms with Crippen molar-refractivity contribution in [3.63, 3.8) is 0 Å². The molecule has 0 amide bonds. The molecule has 0 aromatic heterocycles. The van der Waals surface area contributed by atoms with E-state index in [1.807, 2.05) is 24.3 Å². The van der Waals surface area contributed by atoms with Gasteiger partial charge in [0.1, 0.15) is 0 Å². The van der Waals surface area contributed by atoms with Gasteiger partial charge in [0, 0.05) is 5.02 Å². The Morgan fingerprint density at radius 3 is 2.86 bits per heavy atom. The normalized spacial score (nSPS) is 21.8. The molecule has 1 saturated heterocycles. The molecule has 0 saturated carbocycles. The number of rotatable bonds is 1. The molecule has 3 heteroatoms. The zero-order chi connectivity index (χ0) is 9.97. The van der Waals surface area contributed by atoms with Gasteiger partial charge in [-0.3, -0.25) is 4.79 Å². The van der Waals surface area contributed by atoms with Crippen molar-refractivity contribution in [2.24, 2.45) is 0 Å². The van der Waals surface area contributed by atoms with Crippen LogP contribution in [-0.4, -0.2) is 12.6 Å². The van der Waals surface area contributed by atoms with Gasteiger partial charge in [0.25, 0.3) is 0 Å². The molecule has 0 N–H and O–H groups in total. The van der Waals surface area contributed by atoms with Crippen LogP contribution >= 0.6 is 11.6 Å². The van der Waals surface area contributed by atoms with Crippen LogP contribution in [0.3, 0.4) is 0 Å². The van der Waals surface area contributed by atoms with E-state index in [1.165, 1.54) is 0 Å². The number of esters is 1. The minimum atomic E-state index is -0.124. The molecule has 1 aromatic carbocycles. The van der Waals surface area contributed by atoms with E-state index in [0.717, 1.165) is 17.0 Å². The lowest BCUT2D eigenvalue weighted by atomic mass is 9.91. The number of carbonyl (C=O) groups excluding carboxylic acids is 1. The van der Waals surface area contributed by atoms with Crippen LogP contribution in [0.4, 0.5) is 0 Å². The molecule has 1 unspecified atom stereocenters. The summed E-state index contributed by atoms with van der Waals surface area (Å²) in [6, 6.07) is 7.68. The Morgan fingerprint density at radius 2 is 2.14 bits per heavy atom. The molecule has 1 fully saturated rings. The highest BCUT2D eigenvalue weighted by atomic mass is 35.5. The minimum absolute atomic E-state index is 0.124. The van der Waals surface area contributed by atoms with E-state index in [9.17, 15) is 4.79 Å². The lowest BCUT2D eigenvalue weighted by Gasteiger charge is -2.22. The van der Waals surface area contributed by atoms with Crippen molar-refractivity contribution in [3.8, 4) is 0 Å². The average Bonchev–Trinajstić information content (AvgIpc) is 2.18. The number of benzene rings is 1. The fraction of sp³-hybridized carbons (Fsp3) is 0.364. The highest BCUT2D eigenvalue weighted by Crippen LogP contribution is 2.31. The van der Waals surface area contributed by atoms with Crippen molar-refractivity contribution in [2.45, 2.75) is 18.8 Å². The van der Waals surface area contributed by atoms with Gasteiger partial charge >= 0.3 is 5.97 Å². The Balaban J connectivity index is 2.22. The number of hydrogen-bond acceptors (Lipinski definition) is 2. The molecule has 14 heavy (non-hydrogen) atoms. The van der Waals surface area contributed by atoms with E-state index < -0.39 is 0 Å². The highest BCUT2D eigenvalue weighted by Gasteiger charge is 2.23. The summed E-state index contributed by atoms with van der Waals surface area (Å²) in [5.74, 6) is 0.103. The molecule has 1 aromatic rings. The first-order valence-corrected chi connectivity index (χ1v) is 5.05. The fourth-order valence-electron chi connectivity index (χ4n) is 1.75. The Hall–Kier alpha value is -1.02. The standard InChI is InChI=1S/C11H11ClO2/c12-10-4-2-1-3-9(10)8-5-6-14-11(13)7-8/h1-4,8H,5-7H2. The molecule has 0 bridgehead atoms. The molecule has 0 radical (unpaired) electrons. The monoisotopic (exact) mass is 210 g/mol. The van der Waals surface area contributed by atoms with Gasteiger partial charge in [0.15, 0.2) is 0 Å². The SMILES string of the molecule is O=C1CC(c2ccccc2Cl)CCO1. The van der Waals surface area contributed by atoms with Gasteiger partial charge in [-0.25, -0.2) is 0 Å². The van der Waals surface area contributed by atoms with Gasteiger partial charge < -0.3 is 4.74 Å². The maximum atomic E-state index is 11.1. The summed E-state index contributed by atoms with van der Waals surface area (Å²) in [5.41, 5.74) is 1.06. The van der Waals surface area contributed by atoms with Crippen LogP contribution in [0.1, 0.15) is 24.3 Å². The number of carbonyl (C=O) groups is 1. The summed E-state index contributed by atoms with van der Waals surface area (Å²) in [7, 11) is 0. The summed E-state index contributed by atoms with van der Waals surface area (Å²) in [6.45, 7) is 0.509. The van der Waals surface area contributed by atoms with Gasteiger partial charge in [-0.1, -0.05) is 29.8 Å². The van der Waals surface area contributed by atoms with Crippen molar-refractivity contribution in [2.75, 3.05) is 6.61 Å². The molecule has 74 valence electrons. The predicted molar refractivity (Wildman–Crippen MR) is 54.4 cm³/mol. The van der Waals surface area contributed by atoms with Crippen LogP contribution in [0.5, 0.6) is 0 Å². The van der Waals surface area contributed by atoms with Gasteiger partial charge in [-0.05, 0) is 24.0 Å². The second-order valence-electron chi connectivity index (χ2n) is 3.43. The quantitative estimate of drug-likeness (QED) is 0.667. The molecular weight excluding hydrogens is 200 g/mol. The molecule has 2 nitrogen and oxygen atoms in total. The first-order valence-electron chi connectivity index (χ1n) is 4.67. The second-order valence-corrected chi connectivity index (χ2v) is 3.84. The lowest BCUT2D eigenvalue weighted by Crippen LogP contribution is -2.19. The van der Waals surface area contributed by atoms with Gasteiger partial charge in [0.2, 0.25) is 0 Å². The largest absolute Gasteiger partial charge is 0.466 e. The Morgan fingerprint density at radius 1 is 1.36 bits per heavy atom. The third-order valence-corrected chi connectivity index (χ3v) is 2.83. The van der Waals surface area contributed by atoms with Crippen LogP contribution in [-0.2, 0) is 9.53 Å². The van der Waals surface area contributed by atoms with Crippen molar-refractivity contribution in [1.29, 1.82) is 0 Å². The summed E-state index contributed by atoms with van der Waals surface area (Å²) in [6.07, 6.45) is 1.32. The molecule has 2 rings (SSSR count). The molecular formula is C11H11ClO2. The average molecular weight is 211 g/mol. The van der Waals surface area contributed by atoms with Gasteiger partial charge in [-0.2, -0.15) is 0 Å². The Labute approximate surface area is 87.8 Å². The predicted octanol–water partition coefficient (Wildman–Crippen LogP) is 2.76. The zero-order valence-corrected chi connectivity index (χ0v) is 8.46. The van der Waals surface area contributed by atoms with Crippen LogP contribution in [0.15, 0.2) is 24.3 Å². The van der Waals surface area contributed by atoms with E-state index in [1.54, 1.807) is 0 Å². The zero-order valence-electron chi connectivity index (χ0n) is 7.70. The minimum Gasteiger partial charge on any atom is -0.466 e. The molecule has 0 spiro atoms. The number of ether oxygens (including phenoxy) is 1. The molecule has 0 aliphatic carbocycles. The van der Waals surface area contributed by atoms with Crippen LogP contribution in [0, 0.1) is 0 Å². The van der Waals surface area contributed by atoms with E-state index in [0.29, 0.717) is 13.0 Å². The van der Waals surface area contributed by atoms with Crippen molar-refractivity contribution in [3.05, 3.63) is 34.9 Å². The van der Waals surface area contributed by atoms with Crippen molar-refractivity contribution >= 4 is 17.6 Å². The highest BCUT2D eigenvalue weighted by molar-refractivity contribution is 6.31. The number of cyclic esters (lactones) is 1. The summed E-state index contributed by atoms with van der Waals surface area (Å²) >= 11 is 6.05. The molecule has 1 aliphatic heterocycles. The van der Waals surface area contributed by atoms with Crippen LogP contribution in [0.25, 0.3) is 0 Å². The molecule has 1 aliphatic rings. The molecule has 1 heterocycles. The molecule has 1 atom stereocenters. The van der Waals surface area contributed by atoms with Gasteiger partial charge in [0.05, 0.1) is 13.0 Å². The van der Waals surface area contributed by atoms with Crippen LogP contribution in [0.2, 0.25) is 5.02 Å². The fourth-order valence-corrected chi connectivity index (χ4v) is 2.04. The summed E-state index contributed by atoms with van der Waals surface area (Å²) < 4.78 is 4.89. The first-order chi connectivity index (χ1) is 6.77. The summed E-state index contributed by atoms with van der Waals surface area (Å²) in [4.78, 5) is 11.1. The van der Waals surface area contributed by atoms with E-state index >= 15 is 0 Å². The van der Waals surface area contributed by atoms with E-state index in [4.69, 9.17) is 16.3 Å². The lowest BCUT2D eigenvalue weighted by molar-refractivity contribution is -0.147. The third-order valence-electron chi connectivity index (χ3n) is 2.49. The topological polar surface area (TPSA) is 26.3 Å². The first kappa shape index (κ1) is 9.53. The number of halogens is 1. The van der Waals surface area contributed by atoms with Crippen molar-refractivity contribution in [1.82, 2.24) is 0 Å². The number of hydrogen-bond donors (Lipinski definition) is 0. The maximum absolute atomic E-state index is 11.1. The summed E-state index contributed by atoms with van der Waals surface area (Å²) in [5, 5.41) is 0.743. The smallest absolute Gasteiger partial charge is 0.306 e. The van der Waals surface area contributed by atoms with Crippen LogP contribution < -0.4 is 0 Å². The van der Waals surface area contributed by atoms with Gasteiger partial charge in [-0.15, -0.1) is 0 Å². The second kappa shape index (κ2) is 4.01. The maximum Gasteiger partial charge on any atom is 0.306 e. The Bertz CT molecular complexity index is 349. The van der Waals surface area contributed by atoms with E-state index in [2.05, 4.69) is 0 Å². The Kier molecular flexibility index (Phi) is 2.73. The van der Waals surface area contributed by atoms with E-state index in [-0.39, 0.29) is 11.9 Å². The third kappa shape index (κ3) is 1.90.